The molecular weight excluding hydrogens is 212 g/mol. The van der Waals surface area contributed by atoms with Gasteiger partial charge in [-0.15, -0.1) is 0 Å². The molecule has 0 amide bonds. The second-order valence-corrected chi connectivity index (χ2v) is 18.0. The van der Waals surface area contributed by atoms with E-state index < -0.39 is 7.59 Å². The number of rotatable bonds is 1. The highest BCUT2D eigenvalue weighted by atomic mass is 29.2. The highest BCUT2D eigenvalue weighted by Gasteiger charge is 2.57. The molecule has 0 rings (SSSR count). The fourth-order valence-electron chi connectivity index (χ4n) is 4.50. The van der Waals surface area contributed by atoms with Crippen LogP contribution in [0.4, 0.5) is 0 Å². The van der Waals surface area contributed by atoms with Gasteiger partial charge in [-0.05, 0) is 15.1 Å². The van der Waals surface area contributed by atoms with E-state index in [1.807, 2.05) is 0 Å². The van der Waals surface area contributed by atoms with Crippen molar-refractivity contribution in [3.05, 3.63) is 0 Å². The molecule has 0 spiro atoms. The molecule has 0 aromatic heterocycles. The summed E-state index contributed by atoms with van der Waals surface area (Å²) in [5.41, 5.74) is 0. The Kier molecular flexibility index (Phi) is 4.14. The Bertz CT molecular complexity index is 174. The van der Waals surface area contributed by atoms with Gasteiger partial charge in [-0.2, -0.15) is 0 Å². The van der Waals surface area contributed by atoms with E-state index in [1.54, 1.807) is 0 Å². The Morgan fingerprint density at radius 3 is 0.800 bits per heavy atom. The van der Waals surface area contributed by atoms with Gasteiger partial charge in [0.2, 0.25) is 0 Å². The van der Waals surface area contributed by atoms with Crippen LogP contribution < -0.4 is 0 Å². The van der Waals surface area contributed by atoms with Gasteiger partial charge in [-0.25, -0.2) is 0 Å². The van der Waals surface area contributed by atoms with Crippen LogP contribution in [0.3, 0.4) is 0 Å². The summed E-state index contributed by atoms with van der Waals surface area (Å²) in [5, 5.41) is 1.45. The van der Waals surface area contributed by atoms with Crippen molar-refractivity contribution >= 4 is 16.6 Å². The van der Waals surface area contributed by atoms with Crippen molar-refractivity contribution in [3.8, 4) is 0 Å². The Labute approximate surface area is 101 Å². The molecule has 0 bridgehead atoms. The van der Waals surface area contributed by atoms with Crippen LogP contribution in [-0.2, 0) is 0 Å². The van der Waals surface area contributed by atoms with Crippen molar-refractivity contribution in [1.82, 2.24) is 0 Å². The van der Waals surface area contributed by atoms with Gasteiger partial charge in [-0.1, -0.05) is 68.9 Å². The van der Waals surface area contributed by atoms with Crippen molar-refractivity contribution in [2.45, 2.75) is 84.0 Å². The fraction of sp³-hybridized carbons (Fsp3) is 1.00. The maximum atomic E-state index is 2.46. The minimum absolute atomic E-state index is 0.483. The Morgan fingerprint density at radius 2 is 0.800 bits per heavy atom. The van der Waals surface area contributed by atoms with Gasteiger partial charge in [-0.3, -0.25) is 0 Å². The highest BCUT2D eigenvalue weighted by molar-refractivity contribution is 7.28. The average molecular weight is 243 g/mol. The Morgan fingerprint density at radius 1 is 0.600 bits per heavy atom. The first-order valence-electron chi connectivity index (χ1n) is 6.00. The predicted molar refractivity (Wildman–Crippen MR) is 76.5 cm³/mol. The molecule has 0 N–H and O–H groups in total. The first kappa shape index (κ1) is 15.4. The molecule has 0 saturated heterocycles. The van der Waals surface area contributed by atoms with Gasteiger partial charge in [0.15, 0.2) is 0 Å². The zero-order chi connectivity index (χ0) is 12.7. The summed E-state index contributed by atoms with van der Waals surface area (Å²) in [4.78, 5) is 0. The molecular formula is C13H30Si2. The lowest BCUT2D eigenvalue weighted by atomic mass is 10.2. The van der Waals surface area contributed by atoms with E-state index in [0.717, 1.165) is 9.04 Å². The molecule has 2 radical (unpaired) electrons. The average Bonchev–Trinajstić information content (AvgIpc) is 1.76. The maximum Gasteiger partial charge on any atom is 0.0574 e. The lowest BCUT2D eigenvalue weighted by Gasteiger charge is -2.59. The van der Waals surface area contributed by atoms with E-state index >= 15 is 0 Å². The van der Waals surface area contributed by atoms with Gasteiger partial charge in [0, 0.05) is 9.04 Å². The van der Waals surface area contributed by atoms with E-state index in [2.05, 4.69) is 68.9 Å². The molecule has 0 aliphatic carbocycles. The highest BCUT2D eigenvalue weighted by Crippen LogP contribution is 2.61. The third-order valence-corrected chi connectivity index (χ3v) is 20.2. The molecule has 0 aromatic rings. The first-order valence-corrected chi connectivity index (χ1v) is 10.5. The van der Waals surface area contributed by atoms with Crippen molar-refractivity contribution in [3.63, 3.8) is 0 Å². The van der Waals surface area contributed by atoms with E-state index in [-0.39, 0.29) is 0 Å². The summed E-state index contributed by atoms with van der Waals surface area (Å²) in [6.07, 6.45) is 0. The van der Waals surface area contributed by atoms with Crippen LogP contribution in [0.2, 0.25) is 21.7 Å². The molecule has 2 heteroatoms. The molecule has 0 nitrogen and oxygen atoms in total. The van der Waals surface area contributed by atoms with Crippen LogP contribution in [-0.4, -0.2) is 16.6 Å². The van der Waals surface area contributed by atoms with Gasteiger partial charge >= 0.3 is 0 Å². The quantitative estimate of drug-likeness (QED) is 0.562. The minimum atomic E-state index is -1.35. The summed E-state index contributed by atoms with van der Waals surface area (Å²) in [6, 6.07) is 0. The van der Waals surface area contributed by atoms with Crippen LogP contribution in [0, 0.1) is 0 Å². The summed E-state index contributed by atoms with van der Waals surface area (Å²) in [7, 11) is -0.234. The van der Waals surface area contributed by atoms with Crippen molar-refractivity contribution in [1.29, 1.82) is 0 Å². The molecule has 0 aliphatic heterocycles. The fourth-order valence-corrected chi connectivity index (χ4v) is 20.2. The number of hydrogen-bond donors (Lipinski definition) is 0. The largest absolute Gasteiger partial charge is 0.0754 e. The Hall–Kier alpha value is 0.434. The topological polar surface area (TPSA) is 0 Å². The summed E-state index contributed by atoms with van der Waals surface area (Å²) in [5.74, 6) is 0. The van der Waals surface area contributed by atoms with Crippen LogP contribution in [0.1, 0.15) is 62.3 Å². The van der Waals surface area contributed by atoms with Crippen LogP contribution in [0.25, 0.3) is 0 Å². The molecule has 0 atom stereocenters. The van der Waals surface area contributed by atoms with E-state index in [0.29, 0.717) is 15.1 Å². The summed E-state index contributed by atoms with van der Waals surface area (Å²) >= 11 is 0. The maximum absolute atomic E-state index is 2.46. The molecule has 0 heterocycles. The third kappa shape index (κ3) is 2.41. The molecule has 0 aliphatic rings. The van der Waals surface area contributed by atoms with Gasteiger partial charge < -0.3 is 0 Å². The third-order valence-electron chi connectivity index (χ3n) is 3.75. The summed E-state index contributed by atoms with van der Waals surface area (Å²) < 4.78 is 0. The van der Waals surface area contributed by atoms with Gasteiger partial charge in [0.25, 0.3) is 0 Å². The predicted octanol–water partition coefficient (Wildman–Crippen LogP) is 5.08. The molecule has 0 unspecified atom stereocenters. The van der Waals surface area contributed by atoms with Gasteiger partial charge in [0.05, 0.1) is 7.59 Å². The van der Waals surface area contributed by atoms with Crippen LogP contribution in [0.15, 0.2) is 0 Å². The lowest BCUT2D eigenvalue weighted by Crippen LogP contribution is -2.62. The van der Waals surface area contributed by atoms with Gasteiger partial charge in [0.1, 0.15) is 0 Å². The summed E-state index contributed by atoms with van der Waals surface area (Å²) in [6.45, 7) is 24.6. The van der Waals surface area contributed by atoms with E-state index in [4.69, 9.17) is 0 Å². The standard InChI is InChI=1S/C13H30Si2/c1-11(2,3)15(14-10,12(4,5)6)13(7,8)9/h1-10H3. The SMILES string of the molecule is C[Si][Si](C(C)(C)C)(C(C)(C)C)C(C)(C)C. The first-order chi connectivity index (χ1) is 6.31. The lowest BCUT2D eigenvalue weighted by molar-refractivity contribution is 0.555. The second kappa shape index (κ2) is 4.03. The second-order valence-electron chi connectivity index (χ2n) is 7.75. The number of hydrogen-bond acceptors (Lipinski definition) is 0. The van der Waals surface area contributed by atoms with Crippen molar-refractivity contribution < 1.29 is 0 Å². The van der Waals surface area contributed by atoms with Crippen molar-refractivity contribution in [2.75, 3.05) is 0 Å². The molecule has 15 heavy (non-hydrogen) atoms. The zero-order valence-corrected chi connectivity index (χ0v) is 14.5. The molecule has 0 aromatic carbocycles. The van der Waals surface area contributed by atoms with Crippen LogP contribution in [0.5, 0.6) is 0 Å². The molecule has 0 fully saturated rings. The molecule has 90 valence electrons. The van der Waals surface area contributed by atoms with Crippen LogP contribution >= 0.6 is 0 Å². The smallest absolute Gasteiger partial charge is 0.0574 e. The normalized spacial score (nSPS) is 15.6. The van der Waals surface area contributed by atoms with E-state index in [9.17, 15) is 0 Å². The van der Waals surface area contributed by atoms with E-state index in [1.165, 1.54) is 0 Å². The van der Waals surface area contributed by atoms with Crippen molar-refractivity contribution in [2.24, 2.45) is 0 Å². The minimum Gasteiger partial charge on any atom is -0.0754 e. The Balaban J connectivity index is 5.78. The monoisotopic (exact) mass is 242 g/mol. The zero-order valence-electron chi connectivity index (χ0n) is 12.5. The molecule has 0 saturated carbocycles.